The van der Waals surface area contributed by atoms with Crippen LogP contribution >= 0.6 is 0 Å². The summed E-state index contributed by atoms with van der Waals surface area (Å²) in [6, 6.07) is 0. The third-order valence-corrected chi connectivity index (χ3v) is 6.35. The molecule has 30 heavy (non-hydrogen) atoms. The first-order valence-corrected chi connectivity index (χ1v) is 13.8. The minimum Gasteiger partial charge on any atom is -0.379 e. The highest BCUT2D eigenvalue weighted by atomic mass is 16.3. The first-order chi connectivity index (χ1) is 14.7. The molecule has 0 aliphatic heterocycles. The van der Waals surface area contributed by atoms with Gasteiger partial charge in [0.25, 0.3) is 0 Å². The van der Waals surface area contributed by atoms with E-state index in [1.54, 1.807) is 0 Å². The van der Waals surface area contributed by atoms with Gasteiger partial charge in [-0.15, -0.1) is 0 Å². The maximum Gasteiger partial charge on any atom is 0.106 e. The second-order valence-electron chi connectivity index (χ2n) is 9.47. The van der Waals surface area contributed by atoms with Crippen LogP contribution in [-0.4, -0.2) is 22.7 Å². The lowest BCUT2D eigenvalue weighted by atomic mass is 10.0. The standard InChI is InChI=1S/C27H57NO2/c1-3-5-6-7-8-9-10-11-12-13-14-15-16-17-18-19-20-21-22-23-24-25-27(30)28-26(29)4-2/h26-30H,3-25H2,1-2H3. The van der Waals surface area contributed by atoms with Crippen molar-refractivity contribution in [2.75, 3.05) is 0 Å². The van der Waals surface area contributed by atoms with Gasteiger partial charge < -0.3 is 10.2 Å². The maximum atomic E-state index is 9.74. The van der Waals surface area contributed by atoms with Gasteiger partial charge in [-0.25, -0.2) is 0 Å². The fourth-order valence-electron chi connectivity index (χ4n) is 4.19. The summed E-state index contributed by atoms with van der Waals surface area (Å²) in [4.78, 5) is 0. The third-order valence-electron chi connectivity index (χ3n) is 6.35. The molecule has 3 heteroatoms. The van der Waals surface area contributed by atoms with E-state index < -0.39 is 12.5 Å². The number of aliphatic hydroxyl groups excluding tert-OH is 2. The average molecular weight is 428 g/mol. The van der Waals surface area contributed by atoms with Crippen LogP contribution in [0.1, 0.15) is 162 Å². The fourth-order valence-corrected chi connectivity index (χ4v) is 4.19. The maximum absolute atomic E-state index is 9.74. The second-order valence-corrected chi connectivity index (χ2v) is 9.47. The summed E-state index contributed by atoms with van der Waals surface area (Å²) in [5.41, 5.74) is 0. The van der Waals surface area contributed by atoms with Gasteiger partial charge in [0.2, 0.25) is 0 Å². The molecule has 3 nitrogen and oxygen atoms in total. The summed E-state index contributed by atoms with van der Waals surface area (Å²) in [5, 5.41) is 22.0. The zero-order valence-corrected chi connectivity index (χ0v) is 20.8. The van der Waals surface area contributed by atoms with Crippen molar-refractivity contribution in [1.29, 1.82) is 0 Å². The van der Waals surface area contributed by atoms with Gasteiger partial charge in [0.15, 0.2) is 0 Å². The molecule has 0 radical (unpaired) electrons. The zero-order chi connectivity index (χ0) is 22.1. The Hall–Kier alpha value is -0.120. The van der Waals surface area contributed by atoms with Crippen LogP contribution in [0.2, 0.25) is 0 Å². The molecule has 0 aliphatic rings. The van der Waals surface area contributed by atoms with Crippen LogP contribution in [0.3, 0.4) is 0 Å². The molecule has 0 aromatic heterocycles. The molecule has 2 unspecified atom stereocenters. The monoisotopic (exact) mass is 427 g/mol. The Morgan fingerprint density at radius 3 is 1.03 bits per heavy atom. The normalized spacial score (nSPS) is 13.6. The molecular weight excluding hydrogens is 370 g/mol. The number of nitrogens with one attached hydrogen (secondary N) is 1. The van der Waals surface area contributed by atoms with E-state index >= 15 is 0 Å². The lowest BCUT2D eigenvalue weighted by Crippen LogP contribution is -2.37. The van der Waals surface area contributed by atoms with Crippen molar-refractivity contribution in [3.63, 3.8) is 0 Å². The fraction of sp³-hybridized carbons (Fsp3) is 1.00. The zero-order valence-electron chi connectivity index (χ0n) is 20.8. The third kappa shape index (κ3) is 24.2. The highest BCUT2D eigenvalue weighted by Crippen LogP contribution is 2.15. The van der Waals surface area contributed by atoms with Gasteiger partial charge in [-0.2, -0.15) is 0 Å². The van der Waals surface area contributed by atoms with E-state index in [1.807, 2.05) is 6.92 Å². The van der Waals surface area contributed by atoms with Crippen molar-refractivity contribution in [2.24, 2.45) is 0 Å². The van der Waals surface area contributed by atoms with Gasteiger partial charge in [0, 0.05) is 0 Å². The summed E-state index contributed by atoms with van der Waals surface area (Å²) in [7, 11) is 0. The number of hydrogen-bond acceptors (Lipinski definition) is 3. The van der Waals surface area contributed by atoms with Gasteiger partial charge in [-0.05, 0) is 19.3 Å². The molecule has 0 heterocycles. The summed E-state index contributed by atoms with van der Waals surface area (Å²) in [5.74, 6) is 0. The topological polar surface area (TPSA) is 52.5 Å². The van der Waals surface area contributed by atoms with Crippen molar-refractivity contribution in [2.45, 2.75) is 174 Å². The number of hydrogen-bond donors (Lipinski definition) is 3. The number of unbranched alkanes of at least 4 members (excludes halogenated alkanes) is 20. The van der Waals surface area contributed by atoms with Gasteiger partial charge in [-0.1, -0.05) is 142 Å². The van der Waals surface area contributed by atoms with Crippen LogP contribution in [0.25, 0.3) is 0 Å². The summed E-state index contributed by atoms with van der Waals surface area (Å²) in [6.45, 7) is 4.20. The van der Waals surface area contributed by atoms with Crippen molar-refractivity contribution < 1.29 is 10.2 Å². The minimum absolute atomic E-state index is 0.555. The van der Waals surface area contributed by atoms with E-state index in [1.165, 1.54) is 128 Å². The van der Waals surface area contributed by atoms with E-state index in [4.69, 9.17) is 0 Å². The minimum atomic E-state index is -0.574. The van der Waals surface area contributed by atoms with E-state index in [0.717, 1.165) is 12.8 Å². The Kier molecular flexibility index (Phi) is 25.0. The molecule has 182 valence electrons. The Morgan fingerprint density at radius 2 is 0.733 bits per heavy atom. The SMILES string of the molecule is CCCCCCCCCCCCCCCCCCCCCCCC(O)NC(O)CC. The quantitative estimate of drug-likeness (QED) is 0.102. The van der Waals surface area contributed by atoms with Gasteiger partial charge >= 0.3 is 0 Å². The first kappa shape index (κ1) is 29.9. The molecular formula is C27H57NO2. The molecule has 0 saturated carbocycles. The first-order valence-electron chi connectivity index (χ1n) is 13.8. The average Bonchev–Trinajstić information content (AvgIpc) is 2.74. The summed E-state index contributed by atoms with van der Waals surface area (Å²) < 4.78 is 0. The highest BCUT2D eigenvalue weighted by molar-refractivity contribution is 4.57. The Morgan fingerprint density at radius 1 is 0.433 bits per heavy atom. The van der Waals surface area contributed by atoms with Crippen molar-refractivity contribution in [1.82, 2.24) is 5.32 Å². The highest BCUT2D eigenvalue weighted by Gasteiger charge is 2.07. The molecule has 0 spiro atoms. The number of aliphatic hydroxyl groups is 2. The summed E-state index contributed by atoms with van der Waals surface area (Å²) >= 11 is 0. The van der Waals surface area contributed by atoms with E-state index in [9.17, 15) is 10.2 Å². The van der Waals surface area contributed by atoms with Crippen LogP contribution in [0.15, 0.2) is 0 Å². The van der Waals surface area contributed by atoms with E-state index in [-0.39, 0.29) is 0 Å². The Labute approximate surface area is 189 Å². The van der Waals surface area contributed by atoms with Crippen LogP contribution in [-0.2, 0) is 0 Å². The van der Waals surface area contributed by atoms with Crippen LogP contribution in [0.4, 0.5) is 0 Å². The predicted octanol–water partition coefficient (Wildman–Crippen LogP) is 8.22. The van der Waals surface area contributed by atoms with Gasteiger partial charge in [-0.3, -0.25) is 5.32 Å². The van der Waals surface area contributed by atoms with Gasteiger partial charge in [0.05, 0.1) is 0 Å². The van der Waals surface area contributed by atoms with Crippen molar-refractivity contribution in [3.8, 4) is 0 Å². The molecule has 0 aromatic rings. The van der Waals surface area contributed by atoms with E-state index in [0.29, 0.717) is 6.42 Å². The molecule has 0 fully saturated rings. The lowest BCUT2D eigenvalue weighted by molar-refractivity contribution is 0.0348. The molecule has 0 bridgehead atoms. The lowest BCUT2D eigenvalue weighted by Gasteiger charge is -2.16. The molecule has 0 aromatic carbocycles. The van der Waals surface area contributed by atoms with Crippen LogP contribution < -0.4 is 5.32 Å². The number of rotatable bonds is 25. The van der Waals surface area contributed by atoms with Crippen LogP contribution in [0.5, 0.6) is 0 Å². The van der Waals surface area contributed by atoms with Crippen molar-refractivity contribution in [3.05, 3.63) is 0 Å². The molecule has 3 N–H and O–H groups in total. The van der Waals surface area contributed by atoms with Crippen LogP contribution in [0, 0.1) is 0 Å². The van der Waals surface area contributed by atoms with E-state index in [2.05, 4.69) is 12.2 Å². The molecule has 0 rings (SSSR count). The van der Waals surface area contributed by atoms with Crippen molar-refractivity contribution >= 4 is 0 Å². The summed E-state index contributed by atoms with van der Waals surface area (Å²) in [6.07, 6.45) is 29.5. The molecule has 0 saturated heterocycles. The Balaban J connectivity index is 3.08. The van der Waals surface area contributed by atoms with Gasteiger partial charge in [0.1, 0.15) is 12.5 Å². The largest absolute Gasteiger partial charge is 0.379 e. The molecule has 2 atom stereocenters. The Bertz CT molecular complexity index is 311. The molecule has 0 amide bonds. The predicted molar refractivity (Wildman–Crippen MR) is 133 cm³/mol. The second kappa shape index (κ2) is 25.1. The smallest absolute Gasteiger partial charge is 0.106 e. The molecule has 0 aliphatic carbocycles.